The molecule has 2 atom stereocenters. The summed E-state index contributed by atoms with van der Waals surface area (Å²) < 4.78 is 38.7. The Bertz CT molecular complexity index is 1130. The van der Waals surface area contributed by atoms with Gasteiger partial charge in [-0.2, -0.15) is 13.2 Å². The Morgan fingerprint density at radius 1 is 1.14 bits per heavy atom. The molecule has 2 amide bonds. The van der Waals surface area contributed by atoms with Crippen LogP contribution in [-0.4, -0.2) is 57.8 Å². The van der Waals surface area contributed by atoms with Crippen molar-refractivity contribution >= 4 is 24.6 Å². The molecule has 9 nitrogen and oxygen atoms in total. The van der Waals surface area contributed by atoms with E-state index in [1.807, 2.05) is 19.9 Å². The highest BCUT2D eigenvalue weighted by Gasteiger charge is 2.48. The van der Waals surface area contributed by atoms with Gasteiger partial charge in [0.1, 0.15) is 11.4 Å². The fourth-order valence-electron chi connectivity index (χ4n) is 3.92. The van der Waals surface area contributed by atoms with Gasteiger partial charge < -0.3 is 25.5 Å². The molecule has 1 aromatic carbocycles. The molecule has 0 spiro atoms. The fraction of sp³-hybridized carbons (Fsp3) is 0.417. The molecule has 1 unspecified atom stereocenters. The zero-order valence-electron chi connectivity index (χ0n) is 20.3. The zero-order chi connectivity index (χ0) is 27.2. The summed E-state index contributed by atoms with van der Waals surface area (Å²) in [7, 11) is -1.79. The van der Waals surface area contributed by atoms with Crippen molar-refractivity contribution in [1.29, 1.82) is 0 Å². The lowest BCUT2D eigenvalue weighted by molar-refractivity contribution is -0.144. The summed E-state index contributed by atoms with van der Waals surface area (Å²) in [6.07, 6.45) is -4.33. The minimum atomic E-state index is -4.69. The molecular formula is C24H28BF3N4O5. The van der Waals surface area contributed by atoms with E-state index in [-0.39, 0.29) is 31.0 Å². The van der Waals surface area contributed by atoms with E-state index >= 15 is 0 Å². The Morgan fingerprint density at radius 2 is 1.84 bits per heavy atom. The lowest BCUT2D eigenvalue weighted by Crippen LogP contribution is -2.56. The minimum absolute atomic E-state index is 0.0417. The molecule has 0 radical (unpaired) electrons. The topological polar surface area (TPSA) is 133 Å². The molecule has 0 aliphatic carbocycles. The largest absolute Gasteiger partial charge is 0.475 e. The van der Waals surface area contributed by atoms with Crippen molar-refractivity contribution < 1.29 is 37.6 Å². The summed E-state index contributed by atoms with van der Waals surface area (Å²) >= 11 is 0. The van der Waals surface area contributed by atoms with Gasteiger partial charge in [-0.05, 0) is 30.0 Å². The second kappa shape index (κ2) is 11.7. The van der Waals surface area contributed by atoms with Crippen molar-refractivity contribution in [3.05, 3.63) is 65.5 Å². The van der Waals surface area contributed by atoms with E-state index in [1.165, 1.54) is 0 Å². The molecule has 2 heterocycles. The van der Waals surface area contributed by atoms with Gasteiger partial charge >= 0.3 is 13.3 Å². The van der Waals surface area contributed by atoms with Crippen LogP contribution in [-0.2, 0) is 22.2 Å². The second-order valence-corrected chi connectivity index (χ2v) is 9.29. The number of alkyl halides is 3. The van der Waals surface area contributed by atoms with Crippen molar-refractivity contribution in [3.63, 3.8) is 0 Å². The first-order chi connectivity index (χ1) is 17.4. The molecule has 0 fully saturated rings. The maximum absolute atomic E-state index is 13.4. The second-order valence-electron chi connectivity index (χ2n) is 9.29. The van der Waals surface area contributed by atoms with E-state index in [1.54, 1.807) is 24.3 Å². The van der Waals surface area contributed by atoms with Gasteiger partial charge in [0.2, 0.25) is 5.60 Å². The van der Waals surface area contributed by atoms with E-state index < -0.39 is 48.0 Å². The number of rotatable bonds is 10. The SMILES string of the molecule is CC(C)C[C@H](NC(=O)C1(Cc2ccccc2)CC(CNC(=O)c2cccc(C(F)(F)F)n2)=NO1)B(O)O. The molecule has 2 aromatic rings. The Balaban J connectivity index is 1.73. The first kappa shape index (κ1) is 28.1. The maximum Gasteiger partial charge on any atom is 0.475 e. The van der Waals surface area contributed by atoms with Crippen molar-refractivity contribution in [2.45, 2.75) is 50.8 Å². The number of nitrogens with one attached hydrogen (secondary N) is 2. The third kappa shape index (κ3) is 7.52. The van der Waals surface area contributed by atoms with Gasteiger partial charge in [-0.3, -0.25) is 9.59 Å². The van der Waals surface area contributed by atoms with Gasteiger partial charge in [0, 0.05) is 12.8 Å². The summed E-state index contributed by atoms with van der Waals surface area (Å²) in [6, 6.07) is 12.0. The molecule has 1 aliphatic rings. The number of amides is 2. The van der Waals surface area contributed by atoms with Crippen molar-refractivity contribution in [2.24, 2.45) is 11.1 Å². The Hall–Kier alpha value is -3.45. The average molecular weight is 520 g/mol. The van der Waals surface area contributed by atoms with Gasteiger partial charge in [-0.25, -0.2) is 4.98 Å². The van der Waals surface area contributed by atoms with E-state index in [0.717, 1.165) is 23.8 Å². The highest BCUT2D eigenvalue weighted by molar-refractivity contribution is 6.43. The van der Waals surface area contributed by atoms with Crippen LogP contribution in [0.5, 0.6) is 0 Å². The highest BCUT2D eigenvalue weighted by Crippen LogP contribution is 2.30. The molecule has 198 valence electrons. The number of hydrogen-bond acceptors (Lipinski definition) is 7. The average Bonchev–Trinajstić information content (AvgIpc) is 3.26. The molecule has 1 aliphatic heterocycles. The molecule has 37 heavy (non-hydrogen) atoms. The van der Waals surface area contributed by atoms with Crippen molar-refractivity contribution in [2.75, 3.05) is 6.54 Å². The van der Waals surface area contributed by atoms with E-state index in [4.69, 9.17) is 4.84 Å². The van der Waals surface area contributed by atoms with E-state index in [9.17, 15) is 32.8 Å². The van der Waals surface area contributed by atoms with E-state index in [2.05, 4.69) is 20.8 Å². The minimum Gasteiger partial charge on any atom is -0.426 e. The van der Waals surface area contributed by atoms with Crippen LogP contribution in [0.2, 0.25) is 0 Å². The van der Waals surface area contributed by atoms with Crippen LogP contribution >= 0.6 is 0 Å². The number of aromatic nitrogens is 1. The summed E-state index contributed by atoms with van der Waals surface area (Å²) in [5, 5.41) is 28.6. The van der Waals surface area contributed by atoms with Gasteiger partial charge in [0.25, 0.3) is 11.8 Å². The highest BCUT2D eigenvalue weighted by atomic mass is 19.4. The predicted octanol–water partition coefficient (Wildman–Crippen LogP) is 2.13. The molecule has 1 aromatic heterocycles. The molecule has 0 bridgehead atoms. The summed E-state index contributed by atoms with van der Waals surface area (Å²) in [4.78, 5) is 34.7. The first-order valence-electron chi connectivity index (χ1n) is 11.7. The molecular weight excluding hydrogens is 492 g/mol. The van der Waals surface area contributed by atoms with Gasteiger partial charge in [0.15, 0.2) is 0 Å². The first-order valence-corrected chi connectivity index (χ1v) is 11.7. The summed E-state index contributed by atoms with van der Waals surface area (Å²) in [6.45, 7) is 3.55. The standard InChI is InChI=1S/C24H28BF3N4O5/c1-15(2)11-20(25(35)36)31-22(34)23(12-16-7-4-3-5-8-16)13-17(32-37-23)14-29-21(33)18-9-6-10-19(30-18)24(26,27)28/h3-10,15,20,35-36H,11-14H2,1-2H3,(H,29,33)(H,31,34)/t20-,23?/m0/s1. The number of carbonyl (C=O) groups excluding carboxylic acids is 2. The van der Waals surface area contributed by atoms with Crippen LogP contribution in [0.15, 0.2) is 53.7 Å². The molecule has 0 saturated carbocycles. The Labute approximate surface area is 212 Å². The van der Waals surface area contributed by atoms with Crippen molar-refractivity contribution in [1.82, 2.24) is 15.6 Å². The van der Waals surface area contributed by atoms with Crippen LogP contribution in [0.1, 0.15) is 48.4 Å². The number of benzene rings is 1. The third-order valence-corrected chi connectivity index (χ3v) is 5.71. The maximum atomic E-state index is 13.4. The third-order valence-electron chi connectivity index (χ3n) is 5.71. The lowest BCUT2D eigenvalue weighted by atomic mass is 9.74. The normalized spacial score (nSPS) is 18.1. The number of nitrogens with zero attached hydrogens (tertiary/aromatic N) is 2. The summed E-state index contributed by atoms with van der Waals surface area (Å²) in [5.74, 6) is -2.34. The quantitative estimate of drug-likeness (QED) is 0.355. The van der Waals surface area contributed by atoms with Gasteiger partial charge in [-0.15, -0.1) is 0 Å². The molecule has 0 saturated heterocycles. The number of oxime groups is 1. The monoisotopic (exact) mass is 520 g/mol. The fourth-order valence-corrected chi connectivity index (χ4v) is 3.92. The van der Waals surface area contributed by atoms with Crippen LogP contribution in [0.4, 0.5) is 13.2 Å². The number of hydrogen-bond donors (Lipinski definition) is 4. The van der Waals surface area contributed by atoms with Gasteiger partial charge in [-0.1, -0.05) is 55.4 Å². The number of halogens is 3. The van der Waals surface area contributed by atoms with E-state index in [0.29, 0.717) is 6.42 Å². The van der Waals surface area contributed by atoms with Crippen LogP contribution < -0.4 is 10.6 Å². The molecule has 13 heteroatoms. The van der Waals surface area contributed by atoms with Gasteiger partial charge in [0.05, 0.1) is 18.2 Å². The van der Waals surface area contributed by atoms with Crippen molar-refractivity contribution in [3.8, 4) is 0 Å². The van der Waals surface area contributed by atoms with Crippen LogP contribution in [0, 0.1) is 5.92 Å². The van der Waals surface area contributed by atoms with Crippen LogP contribution in [0.3, 0.4) is 0 Å². The zero-order valence-corrected chi connectivity index (χ0v) is 20.3. The number of pyridine rings is 1. The lowest BCUT2D eigenvalue weighted by Gasteiger charge is -2.29. The number of carbonyl (C=O) groups is 2. The summed E-state index contributed by atoms with van der Waals surface area (Å²) in [5.41, 5.74) is -2.11. The Kier molecular flexibility index (Phi) is 8.92. The molecule has 3 rings (SSSR count). The van der Waals surface area contributed by atoms with Crippen LogP contribution in [0.25, 0.3) is 0 Å². The Morgan fingerprint density at radius 3 is 2.46 bits per heavy atom. The smallest absolute Gasteiger partial charge is 0.426 e. The molecule has 4 N–H and O–H groups in total. The predicted molar refractivity (Wildman–Crippen MR) is 129 cm³/mol.